The van der Waals surface area contributed by atoms with Crippen LogP contribution in [0.25, 0.3) is 0 Å². The molecule has 0 heterocycles. The van der Waals surface area contributed by atoms with E-state index in [1.807, 2.05) is 60.7 Å². The van der Waals surface area contributed by atoms with Crippen LogP contribution in [0.2, 0.25) is 5.02 Å². The number of rotatable bonds is 8. The first kappa shape index (κ1) is 23.2. The second-order valence-electron chi connectivity index (χ2n) is 7.44. The lowest BCUT2D eigenvalue weighted by Crippen LogP contribution is -2.18. The lowest BCUT2D eigenvalue weighted by atomic mass is 10.0. The van der Waals surface area contributed by atoms with Gasteiger partial charge >= 0.3 is 5.97 Å². The van der Waals surface area contributed by atoms with E-state index in [1.165, 1.54) is 0 Å². The van der Waals surface area contributed by atoms with Gasteiger partial charge in [0.1, 0.15) is 18.5 Å². The predicted octanol–water partition coefficient (Wildman–Crippen LogP) is 6.30. The Labute approximate surface area is 202 Å². The van der Waals surface area contributed by atoms with Crippen LogP contribution in [0.3, 0.4) is 0 Å². The third kappa shape index (κ3) is 6.10. The molecule has 0 aliphatic carbocycles. The summed E-state index contributed by atoms with van der Waals surface area (Å²) < 4.78 is 11.3. The Hall–Kier alpha value is -3.93. The Balaban J connectivity index is 1.35. The Kier molecular flexibility index (Phi) is 7.71. The molecule has 0 aromatic heterocycles. The van der Waals surface area contributed by atoms with E-state index in [0.717, 1.165) is 11.1 Å². The molecule has 1 N–H and O–H groups in total. The molecule has 1 amide bonds. The molecule has 6 heteroatoms. The third-order valence-electron chi connectivity index (χ3n) is 5.03. The molecule has 0 bridgehead atoms. The van der Waals surface area contributed by atoms with E-state index in [1.54, 1.807) is 48.5 Å². The van der Waals surface area contributed by atoms with Crippen LogP contribution in [0.5, 0.6) is 5.75 Å². The van der Waals surface area contributed by atoms with Crippen LogP contribution in [-0.4, -0.2) is 18.5 Å². The van der Waals surface area contributed by atoms with Gasteiger partial charge in [-0.15, -0.1) is 0 Å². The number of benzene rings is 4. The van der Waals surface area contributed by atoms with Crippen molar-refractivity contribution in [2.24, 2.45) is 0 Å². The van der Waals surface area contributed by atoms with E-state index in [-0.39, 0.29) is 12.5 Å². The maximum absolute atomic E-state index is 12.4. The van der Waals surface area contributed by atoms with E-state index in [9.17, 15) is 9.59 Å². The average molecular weight is 472 g/mol. The standard InChI is InChI=1S/C28H22ClNO4/c29-25-14-8-7-13-24(25)28(32)30-22-15-17-23(18-16-22)34-26(31)19-33-27(20-9-3-1-4-10-20)21-11-5-2-6-12-21/h1-18,27H,19H2,(H,30,32). The fourth-order valence-corrected chi connectivity index (χ4v) is 3.62. The zero-order valence-electron chi connectivity index (χ0n) is 18.2. The molecular weight excluding hydrogens is 450 g/mol. The van der Waals surface area contributed by atoms with Crippen molar-refractivity contribution in [3.8, 4) is 5.75 Å². The number of anilines is 1. The molecule has 0 atom stereocenters. The van der Waals surface area contributed by atoms with Crippen molar-refractivity contribution in [3.05, 3.63) is 131 Å². The van der Waals surface area contributed by atoms with Gasteiger partial charge < -0.3 is 14.8 Å². The van der Waals surface area contributed by atoms with E-state index >= 15 is 0 Å². The smallest absolute Gasteiger partial charge is 0.337 e. The van der Waals surface area contributed by atoms with Crippen molar-refractivity contribution >= 4 is 29.2 Å². The van der Waals surface area contributed by atoms with E-state index < -0.39 is 12.1 Å². The first-order valence-corrected chi connectivity index (χ1v) is 11.1. The summed E-state index contributed by atoms with van der Waals surface area (Å²) >= 11 is 6.07. The fourth-order valence-electron chi connectivity index (χ4n) is 3.40. The minimum atomic E-state index is -0.523. The Morgan fingerprint density at radius 2 is 1.29 bits per heavy atom. The van der Waals surface area contributed by atoms with Crippen molar-refractivity contribution < 1.29 is 19.1 Å². The lowest BCUT2D eigenvalue weighted by molar-refractivity contribution is -0.140. The molecule has 4 rings (SSSR count). The summed E-state index contributed by atoms with van der Waals surface area (Å²) in [6, 6.07) is 32.7. The van der Waals surface area contributed by atoms with Crippen LogP contribution in [0, 0.1) is 0 Å². The summed E-state index contributed by atoms with van der Waals surface area (Å²) in [7, 11) is 0. The number of halogens is 1. The lowest BCUT2D eigenvalue weighted by Gasteiger charge is -2.18. The van der Waals surface area contributed by atoms with Crippen LogP contribution in [0.4, 0.5) is 5.69 Å². The predicted molar refractivity (Wildman–Crippen MR) is 132 cm³/mol. The van der Waals surface area contributed by atoms with Gasteiger partial charge in [-0.1, -0.05) is 84.4 Å². The second kappa shape index (κ2) is 11.3. The number of amides is 1. The number of hydrogen-bond donors (Lipinski definition) is 1. The SMILES string of the molecule is O=C(COC(c1ccccc1)c1ccccc1)Oc1ccc(NC(=O)c2ccccc2Cl)cc1. The van der Waals surface area contributed by atoms with Gasteiger partial charge in [-0.05, 0) is 47.5 Å². The molecule has 0 saturated carbocycles. The van der Waals surface area contributed by atoms with E-state index in [0.29, 0.717) is 22.0 Å². The number of carbonyl (C=O) groups excluding carboxylic acids is 2. The molecule has 0 spiro atoms. The highest BCUT2D eigenvalue weighted by molar-refractivity contribution is 6.34. The summed E-state index contributed by atoms with van der Waals surface area (Å²) in [4.78, 5) is 24.8. The largest absolute Gasteiger partial charge is 0.425 e. The maximum atomic E-state index is 12.4. The van der Waals surface area contributed by atoms with Crippen molar-refractivity contribution in [2.45, 2.75) is 6.10 Å². The van der Waals surface area contributed by atoms with Gasteiger partial charge in [-0.25, -0.2) is 4.79 Å². The number of ether oxygens (including phenoxy) is 2. The minimum Gasteiger partial charge on any atom is -0.425 e. The van der Waals surface area contributed by atoms with E-state index in [2.05, 4.69) is 5.32 Å². The van der Waals surface area contributed by atoms with Gasteiger partial charge in [0.2, 0.25) is 0 Å². The summed E-state index contributed by atoms with van der Waals surface area (Å²) in [6.45, 7) is -0.223. The zero-order chi connectivity index (χ0) is 23.8. The normalized spacial score (nSPS) is 10.6. The van der Waals surface area contributed by atoms with Gasteiger partial charge in [-0.3, -0.25) is 4.79 Å². The zero-order valence-corrected chi connectivity index (χ0v) is 18.9. The molecule has 4 aromatic carbocycles. The van der Waals surface area contributed by atoms with Gasteiger partial charge in [0.25, 0.3) is 5.91 Å². The summed E-state index contributed by atoms with van der Waals surface area (Å²) in [5.74, 6) is -0.498. The first-order valence-electron chi connectivity index (χ1n) is 10.7. The highest BCUT2D eigenvalue weighted by atomic mass is 35.5. The first-order chi connectivity index (χ1) is 16.6. The molecule has 0 fully saturated rings. The maximum Gasteiger partial charge on any atom is 0.337 e. The topological polar surface area (TPSA) is 64.6 Å². The van der Waals surface area contributed by atoms with Crippen LogP contribution in [-0.2, 0) is 9.53 Å². The van der Waals surface area contributed by atoms with Crippen molar-refractivity contribution in [2.75, 3.05) is 11.9 Å². The van der Waals surface area contributed by atoms with Crippen LogP contribution >= 0.6 is 11.6 Å². The third-order valence-corrected chi connectivity index (χ3v) is 5.36. The van der Waals surface area contributed by atoms with Gasteiger partial charge in [-0.2, -0.15) is 0 Å². The second-order valence-corrected chi connectivity index (χ2v) is 7.85. The van der Waals surface area contributed by atoms with Crippen LogP contribution in [0.1, 0.15) is 27.6 Å². The molecule has 34 heavy (non-hydrogen) atoms. The summed E-state index contributed by atoms with van der Waals surface area (Å²) in [5, 5.41) is 3.14. The molecule has 0 aliphatic rings. The van der Waals surface area contributed by atoms with Gasteiger partial charge in [0.15, 0.2) is 0 Å². The van der Waals surface area contributed by atoms with Crippen molar-refractivity contribution in [1.29, 1.82) is 0 Å². The van der Waals surface area contributed by atoms with E-state index in [4.69, 9.17) is 21.1 Å². The molecule has 0 aliphatic heterocycles. The number of esters is 1. The number of nitrogens with one attached hydrogen (secondary N) is 1. The Morgan fingerprint density at radius 3 is 1.88 bits per heavy atom. The number of carbonyl (C=O) groups is 2. The fraction of sp³-hybridized carbons (Fsp3) is 0.0714. The van der Waals surface area contributed by atoms with Crippen LogP contribution < -0.4 is 10.1 Å². The summed E-state index contributed by atoms with van der Waals surface area (Å²) in [6.07, 6.45) is -0.391. The Bertz CT molecular complexity index is 1200. The summed E-state index contributed by atoms with van der Waals surface area (Å²) in [5.41, 5.74) is 2.82. The average Bonchev–Trinajstić information content (AvgIpc) is 2.87. The highest BCUT2D eigenvalue weighted by Gasteiger charge is 2.17. The minimum absolute atomic E-state index is 0.223. The molecular formula is C28H22ClNO4. The number of hydrogen-bond acceptors (Lipinski definition) is 4. The quantitative estimate of drug-likeness (QED) is 0.242. The molecule has 4 aromatic rings. The Morgan fingerprint density at radius 1 is 0.735 bits per heavy atom. The molecule has 5 nitrogen and oxygen atoms in total. The van der Waals surface area contributed by atoms with Gasteiger partial charge in [0, 0.05) is 5.69 Å². The molecule has 170 valence electrons. The molecule has 0 saturated heterocycles. The molecule has 0 radical (unpaired) electrons. The molecule has 0 unspecified atom stereocenters. The van der Waals surface area contributed by atoms with Crippen molar-refractivity contribution in [3.63, 3.8) is 0 Å². The van der Waals surface area contributed by atoms with Crippen LogP contribution in [0.15, 0.2) is 109 Å². The van der Waals surface area contributed by atoms with Gasteiger partial charge in [0.05, 0.1) is 10.6 Å². The highest BCUT2D eigenvalue weighted by Crippen LogP contribution is 2.26. The van der Waals surface area contributed by atoms with Crippen molar-refractivity contribution in [1.82, 2.24) is 0 Å². The monoisotopic (exact) mass is 471 g/mol.